The number of carboxylic acid groups (broad SMARTS) is 1. The SMILES string of the molecule is O=C(NCc1ccc(S(=O)(=O)N2CCCC3(CCN(C(=O)O)C3)C2)cc1)c1ccc2nccn2c1. The molecular weight excluding hydrogens is 470 g/mol. The average Bonchev–Trinajstić information content (AvgIpc) is 3.50. The van der Waals surface area contributed by atoms with Crippen molar-refractivity contribution in [3.05, 3.63) is 66.1 Å². The highest BCUT2D eigenvalue weighted by atomic mass is 32.2. The fourth-order valence-electron chi connectivity index (χ4n) is 5.07. The smallest absolute Gasteiger partial charge is 0.407 e. The Labute approximate surface area is 203 Å². The van der Waals surface area contributed by atoms with Gasteiger partial charge in [0.1, 0.15) is 5.65 Å². The van der Waals surface area contributed by atoms with Crippen LogP contribution in [0.2, 0.25) is 0 Å². The van der Waals surface area contributed by atoms with Crippen LogP contribution < -0.4 is 5.32 Å². The molecule has 2 aliphatic rings. The van der Waals surface area contributed by atoms with Gasteiger partial charge in [-0.05, 0) is 49.1 Å². The lowest BCUT2D eigenvalue weighted by Crippen LogP contribution is -2.47. The van der Waals surface area contributed by atoms with Gasteiger partial charge in [0.2, 0.25) is 10.0 Å². The lowest BCUT2D eigenvalue weighted by Gasteiger charge is -2.39. The van der Waals surface area contributed by atoms with Crippen molar-refractivity contribution >= 4 is 27.7 Å². The number of amides is 2. The molecule has 2 aromatic heterocycles. The molecule has 0 aliphatic carbocycles. The molecule has 5 rings (SSSR count). The summed E-state index contributed by atoms with van der Waals surface area (Å²) in [6.45, 7) is 1.84. The topological polar surface area (TPSA) is 124 Å². The minimum absolute atomic E-state index is 0.197. The summed E-state index contributed by atoms with van der Waals surface area (Å²) in [5.74, 6) is -0.233. The first-order chi connectivity index (χ1) is 16.8. The van der Waals surface area contributed by atoms with Gasteiger partial charge < -0.3 is 19.7 Å². The van der Waals surface area contributed by atoms with Crippen LogP contribution in [0.25, 0.3) is 5.65 Å². The van der Waals surface area contributed by atoms with E-state index in [1.807, 2.05) is 0 Å². The van der Waals surface area contributed by atoms with E-state index >= 15 is 0 Å². The van der Waals surface area contributed by atoms with E-state index in [9.17, 15) is 23.1 Å². The average molecular weight is 498 g/mol. The van der Waals surface area contributed by atoms with Crippen LogP contribution in [-0.4, -0.2) is 70.3 Å². The van der Waals surface area contributed by atoms with Crippen LogP contribution in [-0.2, 0) is 16.6 Å². The maximum absolute atomic E-state index is 13.3. The highest BCUT2D eigenvalue weighted by molar-refractivity contribution is 7.89. The number of carbonyl (C=O) groups is 2. The van der Waals surface area contributed by atoms with Crippen LogP contribution in [0.3, 0.4) is 0 Å². The largest absolute Gasteiger partial charge is 0.465 e. The Balaban J connectivity index is 1.23. The number of hydrogen-bond donors (Lipinski definition) is 2. The Morgan fingerprint density at radius 3 is 2.60 bits per heavy atom. The molecule has 184 valence electrons. The quantitative estimate of drug-likeness (QED) is 0.558. The summed E-state index contributed by atoms with van der Waals surface area (Å²) in [4.78, 5) is 29.6. The number of aromatic nitrogens is 2. The fraction of sp³-hybridized carbons (Fsp3) is 0.375. The summed E-state index contributed by atoms with van der Waals surface area (Å²) >= 11 is 0. The van der Waals surface area contributed by atoms with Gasteiger partial charge in [0.15, 0.2) is 0 Å². The number of carbonyl (C=O) groups excluding carboxylic acids is 1. The molecule has 11 heteroatoms. The first-order valence-electron chi connectivity index (χ1n) is 11.5. The Hall–Kier alpha value is -3.44. The number of rotatable bonds is 5. The lowest BCUT2D eigenvalue weighted by atomic mass is 9.80. The van der Waals surface area contributed by atoms with Gasteiger partial charge >= 0.3 is 6.09 Å². The molecule has 1 unspecified atom stereocenters. The monoisotopic (exact) mass is 497 g/mol. The predicted molar refractivity (Wildman–Crippen MR) is 127 cm³/mol. The Morgan fingerprint density at radius 2 is 1.86 bits per heavy atom. The van der Waals surface area contributed by atoms with Crippen LogP contribution in [0.1, 0.15) is 35.2 Å². The van der Waals surface area contributed by atoms with E-state index in [2.05, 4.69) is 10.3 Å². The van der Waals surface area contributed by atoms with Gasteiger partial charge in [-0.15, -0.1) is 0 Å². The van der Waals surface area contributed by atoms with Gasteiger partial charge in [-0.3, -0.25) is 4.79 Å². The molecule has 0 radical (unpaired) electrons. The summed E-state index contributed by atoms with van der Waals surface area (Å²) < 4.78 is 29.9. The number of sulfonamides is 1. The third-order valence-corrected chi connectivity index (χ3v) is 8.86. The molecule has 3 aromatic rings. The highest BCUT2D eigenvalue weighted by Gasteiger charge is 2.45. The Bertz CT molecular complexity index is 1370. The minimum Gasteiger partial charge on any atom is -0.465 e. The number of benzene rings is 1. The molecule has 1 spiro atoms. The Kier molecular flexibility index (Phi) is 5.97. The number of hydrogen-bond acceptors (Lipinski definition) is 5. The van der Waals surface area contributed by atoms with Crippen LogP contribution in [0.15, 0.2) is 59.9 Å². The van der Waals surface area contributed by atoms with Crippen molar-refractivity contribution in [2.45, 2.75) is 30.7 Å². The molecule has 2 aliphatic heterocycles. The van der Waals surface area contributed by atoms with Gasteiger partial charge in [-0.1, -0.05) is 12.1 Å². The Morgan fingerprint density at radius 1 is 1.06 bits per heavy atom. The number of nitrogens with zero attached hydrogens (tertiary/aromatic N) is 4. The number of fused-ring (bicyclic) bond motifs is 1. The number of piperidine rings is 1. The number of likely N-dealkylation sites (tertiary alicyclic amines) is 1. The van der Waals surface area contributed by atoms with Gasteiger partial charge in [-0.2, -0.15) is 4.31 Å². The molecule has 0 bridgehead atoms. The van der Waals surface area contributed by atoms with Crippen molar-refractivity contribution in [1.82, 2.24) is 23.9 Å². The summed E-state index contributed by atoms with van der Waals surface area (Å²) in [5, 5.41) is 12.2. The minimum atomic E-state index is -3.70. The number of imidazole rings is 1. The number of nitrogens with one attached hydrogen (secondary N) is 1. The second kappa shape index (κ2) is 8.97. The first kappa shape index (κ1) is 23.3. The second-order valence-corrected chi connectivity index (χ2v) is 11.3. The zero-order valence-electron chi connectivity index (χ0n) is 19.1. The van der Waals surface area contributed by atoms with Gasteiger partial charge in [0.05, 0.1) is 10.5 Å². The number of pyridine rings is 1. The van der Waals surface area contributed by atoms with E-state index in [0.29, 0.717) is 44.6 Å². The molecular formula is C24H27N5O5S. The molecule has 2 saturated heterocycles. The van der Waals surface area contributed by atoms with E-state index in [4.69, 9.17) is 0 Å². The molecule has 1 atom stereocenters. The second-order valence-electron chi connectivity index (χ2n) is 9.33. The summed E-state index contributed by atoms with van der Waals surface area (Å²) in [6, 6.07) is 10.0. The molecule has 2 N–H and O–H groups in total. The van der Waals surface area contributed by atoms with Crippen molar-refractivity contribution in [3.8, 4) is 0 Å². The van der Waals surface area contributed by atoms with Gasteiger partial charge in [0.25, 0.3) is 5.91 Å². The summed E-state index contributed by atoms with van der Waals surface area (Å²) in [7, 11) is -3.70. The molecule has 1 aromatic carbocycles. The molecule has 2 fully saturated rings. The van der Waals surface area contributed by atoms with Crippen LogP contribution >= 0.6 is 0 Å². The zero-order chi connectivity index (χ0) is 24.6. The molecule has 2 amide bonds. The van der Waals surface area contributed by atoms with E-state index in [1.54, 1.807) is 59.4 Å². The van der Waals surface area contributed by atoms with Crippen molar-refractivity contribution in [2.75, 3.05) is 26.2 Å². The molecule has 4 heterocycles. The normalized spacial score (nSPS) is 21.0. The molecule has 10 nitrogen and oxygen atoms in total. The first-order valence-corrected chi connectivity index (χ1v) is 13.0. The van der Waals surface area contributed by atoms with E-state index in [1.165, 1.54) is 9.21 Å². The third kappa shape index (κ3) is 4.61. The summed E-state index contributed by atoms with van der Waals surface area (Å²) in [6.07, 6.45) is 6.40. The maximum atomic E-state index is 13.3. The van der Waals surface area contributed by atoms with Crippen LogP contribution in [0, 0.1) is 5.41 Å². The highest BCUT2D eigenvalue weighted by Crippen LogP contribution is 2.40. The van der Waals surface area contributed by atoms with Crippen molar-refractivity contribution in [3.63, 3.8) is 0 Å². The van der Waals surface area contributed by atoms with Crippen LogP contribution in [0.5, 0.6) is 0 Å². The van der Waals surface area contributed by atoms with Gasteiger partial charge in [0, 0.05) is 56.7 Å². The standard InChI is InChI=1S/C24H27N5O5S/c30-22(19-4-7-21-25-10-13-27(21)15-19)26-14-18-2-5-20(6-3-18)35(33,34)29-11-1-8-24(17-29)9-12-28(16-24)23(31)32/h2-7,10,13,15H,1,8-9,11-12,14,16-17H2,(H,26,30)(H,31,32). The lowest BCUT2D eigenvalue weighted by molar-refractivity contribution is 0.0950. The van der Waals surface area contributed by atoms with Crippen molar-refractivity contribution < 1.29 is 23.1 Å². The molecule has 0 saturated carbocycles. The van der Waals surface area contributed by atoms with E-state index < -0.39 is 16.1 Å². The maximum Gasteiger partial charge on any atom is 0.407 e. The van der Waals surface area contributed by atoms with Crippen molar-refractivity contribution in [1.29, 1.82) is 0 Å². The predicted octanol–water partition coefficient (Wildman–Crippen LogP) is 2.42. The zero-order valence-corrected chi connectivity index (χ0v) is 19.9. The van der Waals surface area contributed by atoms with E-state index in [0.717, 1.165) is 17.6 Å². The van der Waals surface area contributed by atoms with E-state index in [-0.39, 0.29) is 22.8 Å². The fourth-order valence-corrected chi connectivity index (χ4v) is 6.66. The van der Waals surface area contributed by atoms with Crippen LogP contribution in [0.4, 0.5) is 4.79 Å². The summed E-state index contributed by atoms with van der Waals surface area (Å²) in [5.41, 5.74) is 1.73. The molecule has 35 heavy (non-hydrogen) atoms. The van der Waals surface area contributed by atoms with Gasteiger partial charge in [-0.25, -0.2) is 18.2 Å². The van der Waals surface area contributed by atoms with Crippen molar-refractivity contribution in [2.24, 2.45) is 5.41 Å². The third-order valence-electron chi connectivity index (χ3n) is 7.00.